The van der Waals surface area contributed by atoms with Crippen molar-refractivity contribution in [2.24, 2.45) is 0 Å². The minimum Gasteiger partial charge on any atom is -0.361 e. The van der Waals surface area contributed by atoms with E-state index in [2.05, 4.69) is 45.5 Å². The average molecular weight is 454 g/mol. The largest absolute Gasteiger partial charge is 0.361 e. The molecule has 6 nitrogen and oxygen atoms in total. The van der Waals surface area contributed by atoms with Crippen molar-refractivity contribution in [3.05, 3.63) is 89.7 Å². The number of carbonyl (C=O) groups excluding carboxylic acids is 1. The van der Waals surface area contributed by atoms with E-state index < -0.39 is 0 Å². The van der Waals surface area contributed by atoms with E-state index in [9.17, 15) is 4.79 Å². The van der Waals surface area contributed by atoms with E-state index in [4.69, 9.17) is 0 Å². The molecule has 0 aliphatic carbocycles. The molecule has 1 aliphatic rings. The standard InChI is InChI=1S/C26H23N5OS/c32-26(30-14-12-18(13-15-30)21-17-27-22-10-5-4-9-20(21)22)24-28-25(23-11-6-16-33-23)31(29-24)19-7-2-1-3-8-19/h1-11,16-18,27H,12-15H2. The maximum atomic E-state index is 13.4. The third kappa shape index (κ3) is 3.64. The van der Waals surface area contributed by atoms with Gasteiger partial charge in [0.25, 0.3) is 5.91 Å². The van der Waals surface area contributed by atoms with E-state index >= 15 is 0 Å². The summed E-state index contributed by atoms with van der Waals surface area (Å²) in [6.45, 7) is 1.41. The molecule has 1 amide bonds. The van der Waals surface area contributed by atoms with Crippen LogP contribution in [-0.4, -0.2) is 43.6 Å². The SMILES string of the molecule is O=C(c1nc(-c2cccs2)n(-c2ccccc2)n1)N1CCC(c2c[nH]c3ccccc23)CC1. The van der Waals surface area contributed by atoms with Gasteiger partial charge < -0.3 is 9.88 Å². The quantitative estimate of drug-likeness (QED) is 0.391. The Morgan fingerprint density at radius 1 is 0.970 bits per heavy atom. The van der Waals surface area contributed by atoms with Gasteiger partial charge >= 0.3 is 0 Å². The van der Waals surface area contributed by atoms with Crippen LogP contribution in [0, 0.1) is 0 Å². The van der Waals surface area contributed by atoms with E-state index in [-0.39, 0.29) is 11.7 Å². The Labute approximate surface area is 195 Å². The molecule has 0 atom stereocenters. The second-order valence-corrected chi connectivity index (χ2v) is 9.29. The topological polar surface area (TPSA) is 66.8 Å². The van der Waals surface area contributed by atoms with Gasteiger partial charge in [-0.1, -0.05) is 42.5 Å². The highest BCUT2D eigenvalue weighted by molar-refractivity contribution is 7.13. The number of piperidine rings is 1. The first-order chi connectivity index (χ1) is 16.3. The Morgan fingerprint density at radius 2 is 1.76 bits per heavy atom. The lowest BCUT2D eigenvalue weighted by atomic mass is 9.89. The van der Waals surface area contributed by atoms with E-state index in [1.165, 1.54) is 16.5 Å². The highest BCUT2D eigenvalue weighted by Crippen LogP contribution is 2.33. The van der Waals surface area contributed by atoms with Gasteiger partial charge in [0.05, 0.1) is 10.6 Å². The average Bonchev–Trinajstić information content (AvgIpc) is 3.64. The van der Waals surface area contributed by atoms with Crippen LogP contribution in [0.5, 0.6) is 0 Å². The van der Waals surface area contributed by atoms with E-state index in [0.29, 0.717) is 24.8 Å². The summed E-state index contributed by atoms with van der Waals surface area (Å²) >= 11 is 1.59. The van der Waals surface area contributed by atoms with Gasteiger partial charge in [-0.05, 0) is 54.0 Å². The van der Waals surface area contributed by atoms with Crippen LogP contribution in [0.2, 0.25) is 0 Å². The van der Waals surface area contributed by atoms with E-state index in [1.54, 1.807) is 16.0 Å². The van der Waals surface area contributed by atoms with E-state index in [0.717, 1.165) is 23.4 Å². The maximum absolute atomic E-state index is 13.4. The third-order valence-corrected chi connectivity index (χ3v) is 7.25. The fraction of sp³-hybridized carbons (Fsp3) is 0.192. The van der Waals surface area contributed by atoms with Gasteiger partial charge in [0, 0.05) is 30.2 Å². The molecule has 1 fully saturated rings. The summed E-state index contributed by atoms with van der Waals surface area (Å²) in [5.41, 5.74) is 3.41. The first-order valence-electron chi connectivity index (χ1n) is 11.2. The normalized spacial score (nSPS) is 14.7. The van der Waals surface area contributed by atoms with Crippen LogP contribution in [0.25, 0.3) is 27.3 Å². The number of H-pyrrole nitrogens is 1. The molecule has 5 aromatic rings. The Morgan fingerprint density at radius 3 is 2.55 bits per heavy atom. The summed E-state index contributed by atoms with van der Waals surface area (Å²) in [6, 6.07) is 22.3. The highest BCUT2D eigenvalue weighted by atomic mass is 32.1. The molecule has 33 heavy (non-hydrogen) atoms. The summed E-state index contributed by atoms with van der Waals surface area (Å²) in [7, 11) is 0. The predicted molar refractivity (Wildman–Crippen MR) is 131 cm³/mol. The number of nitrogens with one attached hydrogen (secondary N) is 1. The van der Waals surface area contributed by atoms with Crippen molar-refractivity contribution in [1.82, 2.24) is 24.6 Å². The molecule has 6 rings (SSSR count). The first kappa shape index (κ1) is 19.9. The van der Waals surface area contributed by atoms with Gasteiger partial charge in [-0.15, -0.1) is 16.4 Å². The second-order valence-electron chi connectivity index (χ2n) is 8.34. The number of aromatic amines is 1. The number of rotatable bonds is 4. The van der Waals surface area contributed by atoms with Gasteiger partial charge in [0.1, 0.15) is 0 Å². The molecular formula is C26H23N5OS. The predicted octanol–water partition coefficient (Wildman–Crippen LogP) is 5.50. The van der Waals surface area contributed by atoms with Crippen LogP contribution in [0.3, 0.4) is 0 Å². The minimum absolute atomic E-state index is 0.0973. The number of carbonyl (C=O) groups is 1. The van der Waals surface area contributed by atoms with Crippen LogP contribution in [0.15, 0.2) is 78.3 Å². The summed E-state index contributed by atoms with van der Waals surface area (Å²) < 4.78 is 1.78. The van der Waals surface area contributed by atoms with Crippen LogP contribution >= 0.6 is 11.3 Å². The molecule has 3 aromatic heterocycles. The van der Waals surface area contributed by atoms with Gasteiger partial charge in [0.2, 0.25) is 5.82 Å². The molecule has 0 unspecified atom stereocenters. The molecule has 0 saturated carbocycles. The fourth-order valence-electron chi connectivity index (χ4n) is 4.68. The van der Waals surface area contributed by atoms with Crippen molar-refractivity contribution in [2.45, 2.75) is 18.8 Å². The van der Waals surface area contributed by atoms with Gasteiger partial charge in [-0.2, -0.15) is 0 Å². The summed E-state index contributed by atoms with van der Waals surface area (Å²) in [4.78, 5) is 24.3. The minimum atomic E-state index is -0.0973. The molecule has 2 aromatic carbocycles. The Bertz CT molecular complexity index is 1400. The summed E-state index contributed by atoms with van der Waals surface area (Å²) in [6.07, 6.45) is 4.00. The monoisotopic (exact) mass is 453 g/mol. The number of benzene rings is 2. The molecule has 1 N–H and O–H groups in total. The van der Waals surface area contributed by atoms with Gasteiger partial charge in [0.15, 0.2) is 5.82 Å². The number of aromatic nitrogens is 4. The second kappa shape index (κ2) is 8.33. The van der Waals surface area contributed by atoms with Crippen LogP contribution < -0.4 is 0 Å². The van der Waals surface area contributed by atoms with Crippen molar-refractivity contribution >= 4 is 28.1 Å². The number of amides is 1. The number of fused-ring (bicyclic) bond motifs is 1. The molecule has 1 saturated heterocycles. The third-order valence-electron chi connectivity index (χ3n) is 6.38. The van der Waals surface area contributed by atoms with Crippen molar-refractivity contribution in [2.75, 3.05) is 13.1 Å². The lowest BCUT2D eigenvalue weighted by Crippen LogP contribution is -2.38. The number of hydrogen-bond acceptors (Lipinski definition) is 4. The van der Waals surface area contributed by atoms with Crippen LogP contribution in [0.4, 0.5) is 0 Å². The number of likely N-dealkylation sites (tertiary alicyclic amines) is 1. The van der Waals surface area contributed by atoms with Crippen molar-refractivity contribution in [1.29, 1.82) is 0 Å². The van der Waals surface area contributed by atoms with Crippen molar-refractivity contribution in [3.8, 4) is 16.4 Å². The number of nitrogens with zero attached hydrogens (tertiary/aromatic N) is 4. The van der Waals surface area contributed by atoms with Crippen molar-refractivity contribution < 1.29 is 4.79 Å². The van der Waals surface area contributed by atoms with Gasteiger partial charge in [-0.25, -0.2) is 9.67 Å². The lowest BCUT2D eigenvalue weighted by molar-refractivity contribution is 0.0701. The number of hydrogen-bond donors (Lipinski definition) is 1. The van der Waals surface area contributed by atoms with Crippen LogP contribution in [-0.2, 0) is 0 Å². The smallest absolute Gasteiger partial charge is 0.293 e. The fourth-order valence-corrected chi connectivity index (χ4v) is 5.38. The summed E-state index contributed by atoms with van der Waals surface area (Å²) in [5.74, 6) is 1.31. The number of para-hydroxylation sites is 2. The Kier molecular flexibility index (Phi) is 5.03. The molecule has 1 aliphatic heterocycles. The molecule has 0 bridgehead atoms. The van der Waals surface area contributed by atoms with Gasteiger partial charge in [-0.3, -0.25) is 4.79 Å². The molecule has 4 heterocycles. The molecular weight excluding hydrogens is 430 g/mol. The van der Waals surface area contributed by atoms with Crippen LogP contribution in [0.1, 0.15) is 34.9 Å². The molecule has 7 heteroatoms. The zero-order chi connectivity index (χ0) is 22.2. The number of thiophene rings is 1. The Balaban J connectivity index is 1.24. The zero-order valence-electron chi connectivity index (χ0n) is 18.0. The summed E-state index contributed by atoms with van der Waals surface area (Å²) in [5, 5.41) is 7.93. The highest BCUT2D eigenvalue weighted by Gasteiger charge is 2.29. The van der Waals surface area contributed by atoms with Crippen molar-refractivity contribution in [3.63, 3.8) is 0 Å². The van der Waals surface area contributed by atoms with E-state index in [1.807, 2.05) is 52.7 Å². The zero-order valence-corrected chi connectivity index (χ0v) is 18.8. The molecule has 164 valence electrons. The maximum Gasteiger partial charge on any atom is 0.293 e. The molecule has 0 radical (unpaired) electrons. The first-order valence-corrected chi connectivity index (χ1v) is 12.1. The Hall–Kier alpha value is -3.71. The molecule has 0 spiro atoms. The lowest BCUT2D eigenvalue weighted by Gasteiger charge is -2.31.